The van der Waals surface area contributed by atoms with E-state index in [0.29, 0.717) is 0 Å². The summed E-state index contributed by atoms with van der Waals surface area (Å²) in [6.45, 7) is 0.358. The van der Waals surface area contributed by atoms with Gasteiger partial charge in [-0.25, -0.2) is 9.36 Å². The van der Waals surface area contributed by atoms with Gasteiger partial charge in [0.05, 0.1) is 6.54 Å². The minimum atomic E-state index is -0.352. The molecular formula is C12H13N5O3. The molecule has 0 atom stereocenters. The lowest BCUT2D eigenvalue weighted by Gasteiger charge is -2.07. The van der Waals surface area contributed by atoms with E-state index in [-0.39, 0.29) is 36.7 Å². The monoisotopic (exact) mass is 275 g/mol. The van der Waals surface area contributed by atoms with Crippen LogP contribution in [-0.2, 0) is 17.9 Å². The van der Waals surface area contributed by atoms with E-state index >= 15 is 0 Å². The van der Waals surface area contributed by atoms with Crippen molar-refractivity contribution in [2.45, 2.75) is 13.1 Å². The molecule has 2 aromatic rings. The van der Waals surface area contributed by atoms with Crippen LogP contribution in [0.1, 0.15) is 0 Å². The molecule has 8 nitrogen and oxygen atoms in total. The minimum absolute atomic E-state index is 0.156. The van der Waals surface area contributed by atoms with Crippen LogP contribution in [0, 0.1) is 0 Å². The van der Waals surface area contributed by atoms with Gasteiger partial charge in [0, 0.05) is 31.1 Å². The maximum atomic E-state index is 11.6. The Balaban J connectivity index is 1.85. The molecule has 0 aliphatic heterocycles. The standard InChI is InChI=1S/C12H13N5O3/c18-10(9-17-12(20)4-2-6-15-17)13-7-8-16-11(19)3-1-5-14-16/h1-6H,7-9H2,(H,13,18). The minimum Gasteiger partial charge on any atom is -0.353 e. The van der Waals surface area contributed by atoms with Crippen LogP contribution in [0.25, 0.3) is 0 Å². The number of hydrogen-bond donors (Lipinski definition) is 1. The van der Waals surface area contributed by atoms with Crippen molar-refractivity contribution < 1.29 is 4.79 Å². The summed E-state index contributed by atoms with van der Waals surface area (Å²) in [6, 6.07) is 5.77. The van der Waals surface area contributed by atoms with E-state index in [1.54, 1.807) is 6.07 Å². The van der Waals surface area contributed by atoms with Gasteiger partial charge in [0.15, 0.2) is 0 Å². The normalized spacial score (nSPS) is 10.2. The fourth-order valence-electron chi connectivity index (χ4n) is 1.55. The Hall–Kier alpha value is -2.77. The average molecular weight is 275 g/mol. The zero-order valence-electron chi connectivity index (χ0n) is 10.6. The second-order valence-electron chi connectivity index (χ2n) is 3.95. The first kappa shape index (κ1) is 13.7. The summed E-state index contributed by atoms with van der Waals surface area (Å²) in [7, 11) is 0. The van der Waals surface area contributed by atoms with Gasteiger partial charge >= 0.3 is 0 Å². The molecule has 0 unspecified atom stereocenters. The molecule has 8 heteroatoms. The van der Waals surface area contributed by atoms with Crippen LogP contribution >= 0.6 is 0 Å². The van der Waals surface area contributed by atoms with Gasteiger partial charge in [-0.15, -0.1) is 0 Å². The van der Waals surface area contributed by atoms with E-state index in [9.17, 15) is 14.4 Å². The molecule has 2 aromatic heterocycles. The van der Waals surface area contributed by atoms with Crippen molar-refractivity contribution in [2.24, 2.45) is 0 Å². The Labute approximate surface area is 113 Å². The Kier molecular flexibility index (Phi) is 4.38. The largest absolute Gasteiger partial charge is 0.353 e. The lowest BCUT2D eigenvalue weighted by atomic mass is 10.5. The predicted octanol–water partition coefficient (Wildman–Crippen LogP) is -1.38. The van der Waals surface area contributed by atoms with Crippen LogP contribution in [-0.4, -0.2) is 32.0 Å². The smallest absolute Gasteiger partial charge is 0.267 e. The second-order valence-corrected chi connectivity index (χ2v) is 3.95. The van der Waals surface area contributed by atoms with Crippen LogP contribution in [0.3, 0.4) is 0 Å². The molecule has 0 aromatic carbocycles. The maximum absolute atomic E-state index is 11.6. The summed E-state index contributed by atoms with van der Waals surface area (Å²) >= 11 is 0. The molecule has 0 radical (unpaired) electrons. The summed E-state index contributed by atoms with van der Waals surface area (Å²) in [6.07, 6.45) is 2.93. The fourth-order valence-corrected chi connectivity index (χ4v) is 1.55. The molecule has 0 aliphatic carbocycles. The van der Waals surface area contributed by atoms with E-state index in [0.717, 1.165) is 4.68 Å². The molecule has 20 heavy (non-hydrogen) atoms. The van der Waals surface area contributed by atoms with Gasteiger partial charge in [-0.2, -0.15) is 10.2 Å². The van der Waals surface area contributed by atoms with Crippen molar-refractivity contribution in [1.82, 2.24) is 24.9 Å². The van der Waals surface area contributed by atoms with Gasteiger partial charge in [-0.05, 0) is 12.1 Å². The third kappa shape index (κ3) is 3.61. The number of amides is 1. The van der Waals surface area contributed by atoms with Gasteiger partial charge < -0.3 is 5.32 Å². The molecule has 104 valence electrons. The van der Waals surface area contributed by atoms with Crippen molar-refractivity contribution in [2.75, 3.05) is 6.54 Å². The van der Waals surface area contributed by atoms with Crippen LogP contribution < -0.4 is 16.4 Å². The Morgan fingerprint density at radius 1 is 1.05 bits per heavy atom. The Morgan fingerprint density at radius 2 is 1.65 bits per heavy atom. The number of rotatable bonds is 5. The molecule has 0 fully saturated rings. The highest BCUT2D eigenvalue weighted by Gasteiger charge is 2.04. The Bertz CT molecular complexity index is 706. The van der Waals surface area contributed by atoms with Gasteiger partial charge in [0.1, 0.15) is 6.54 Å². The van der Waals surface area contributed by atoms with Crippen LogP contribution in [0.4, 0.5) is 0 Å². The van der Waals surface area contributed by atoms with Gasteiger partial charge in [0.2, 0.25) is 5.91 Å². The predicted molar refractivity (Wildman–Crippen MR) is 70.0 cm³/mol. The number of nitrogens with one attached hydrogen (secondary N) is 1. The first-order valence-corrected chi connectivity index (χ1v) is 5.98. The number of aromatic nitrogens is 4. The van der Waals surface area contributed by atoms with E-state index in [1.807, 2.05) is 0 Å². The van der Waals surface area contributed by atoms with E-state index < -0.39 is 0 Å². The number of nitrogens with zero attached hydrogens (tertiary/aromatic N) is 4. The number of carbonyl (C=O) groups excluding carboxylic acids is 1. The van der Waals surface area contributed by atoms with E-state index in [4.69, 9.17) is 0 Å². The number of hydrogen-bond acceptors (Lipinski definition) is 5. The summed E-state index contributed by atoms with van der Waals surface area (Å²) in [5, 5.41) is 10.2. The van der Waals surface area contributed by atoms with Gasteiger partial charge in [-0.3, -0.25) is 14.4 Å². The highest BCUT2D eigenvalue weighted by molar-refractivity contribution is 5.75. The second kappa shape index (κ2) is 6.41. The quantitative estimate of drug-likeness (QED) is 0.725. The molecule has 2 rings (SSSR count). The summed E-state index contributed by atoms with van der Waals surface area (Å²) < 4.78 is 2.30. The molecule has 0 saturated carbocycles. The van der Waals surface area contributed by atoms with Crippen molar-refractivity contribution in [1.29, 1.82) is 0 Å². The number of carbonyl (C=O) groups is 1. The molecule has 2 heterocycles. The summed E-state index contributed by atoms with van der Waals surface area (Å²) in [5.74, 6) is -0.352. The molecule has 0 bridgehead atoms. The molecule has 0 saturated heterocycles. The SMILES string of the molecule is O=C(Cn1ncccc1=O)NCCn1ncccc1=O. The van der Waals surface area contributed by atoms with Gasteiger partial charge in [0.25, 0.3) is 11.1 Å². The van der Waals surface area contributed by atoms with Gasteiger partial charge in [-0.1, -0.05) is 0 Å². The highest BCUT2D eigenvalue weighted by atomic mass is 16.2. The first-order chi connectivity index (χ1) is 9.66. The molecule has 0 spiro atoms. The van der Waals surface area contributed by atoms with Crippen LogP contribution in [0.5, 0.6) is 0 Å². The topological polar surface area (TPSA) is 98.9 Å². The van der Waals surface area contributed by atoms with Crippen molar-refractivity contribution in [3.63, 3.8) is 0 Å². The highest BCUT2D eigenvalue weighted by Crippen LogP contribution is 1.79. The van der Waals surface area contributed by atoms with Crippen LogP contribution in [0.15, 0.2) is 46.2 Å². The maximum Gasteiger partial charge on any atom is 0.267 e. The average Bonchev–Trinajstić information content (AvgIpc) is 2.43. The van der Waals surface area contributed by atoms with Crippen molar-refractivity contribution in [3.05, 3.63) is 57.4 Å². The summed E-state index contributed by atoms with van der Waals surface area (Å²) in [4.78, 5) is 34.3. The third-order valence-corrected chi connectivity index (χ3v) is 2.51. The van der Waals surface area contributed by atoms with E-state index in [1.165, 1.54) is 35.3 Å². The molecule has 1 amide bonds. The molecule has 0 aliphatic rings. The van der Waals surface area contributed by atoms with Crippen LogP contribution in [0.2, 0.25) is 0 Å². The van der Waals surface area contributed by atoms with Crippen molar-refractivity contribution >= 4 is 5.91 Å². The third-order valence-electron chi connectivity index (χ3n) is 2.51. The lowest BCUT2D eigenvalue weighted by Crippen LogP contribution is -2.36. The fraction of sp³-hybridized carbons (Fsp3) is 0.250. The summed E-state index contributed by atoms with van der Waals surface area (Å²) in [5.41, 5.74) is -0.578. The first-order valence-electron chi connectivity index (χ1n) is 5.98. The zero-order valence-corrected chi connectivity index (χ0v) is 10.6. The molecule has 1 N–H and O–H groups in total. The molecular weight excluding hydrogens is 262 g/mol. The van der Waals surface area contributed by atoms with E-state index in [2.05, 4.69) is 15.5 Å². The zero-order chi connectivity index (χ0) is 14.4. The van der Waals surface area contributed by atoms with Crippen molar-refractivity contribution in [3.8, 4) is 0 Å². The lowest BCUT2D eigenvalue weighted by molar-refractivity contribution is -0.121. The Morgan fingerprint density at radius 3 is 2.25 bits per heavy atom.